The maximum atomic E-state index is 5.94. The number of hydrogen-bond acceptors (Lipinski definition) is 3. The first-order valence-corrected chi connectivity index (χ1v) is 6.73. The number of nitrogens with zero attached hydrogens (tertiary/aromatic N) is 3. The van der Waals surface area contributed by atoms with Gasteiger partial charge in [0.2, 0.25) is 0 Å². The molecule has 4 heteroatoms. The zero-order chi connectivity index (χ0) is 12.7. The van der Waals surface area contributed by atoms with E-state index < -0.39 is 0 Å². The van der Waals surface area contributed by atoms with E-state index in [2.05, 4.69) is 37.0 Å². The lowest BCUT2D eigenvalue weighted by Crippen LogP contribution is -2.34. The first-order valence-electron chi connectivity index (χ1n) is 6.73. The van der Waals surface area contributed by atoms with Crippen LogP contribution in [0.5, 0.6) is 0 Å². The molecule has 1 heterocycles. The van der Waals surface area contributed by atoms with Gasteiger partial charge in [-0.05, 0) is 32.9 Å². The summed E-state index contributed by atoms with van der Waals surface area (Å²) < 4.78 is 1.97. The second-order valence-electron chi connectivity index (χ2n) is 4.42. The average Bonchev–Trinajstić information content (AvgIpc) is 2.79. The van der Waals surface area contributed by atoms with Crippen LogP contribution in [0.15, 0.2) is 12.4 Å². The van der Waals surface area contributed by atoms with Crippen molar-refractivity contribution < 1.29 is 0 Å². The van der Waals surface area contributed by atoms with Crippen molar-refractivity contribution in [2.45, 2.75) is 46.2 Å². The summed E-state index contributed by atoms with van der Waals surface area (Å²) in [5.74, 6) is 0. The zero-order valence-electron chi connectivity index (χ0n) is 11.4. The Balaban J connectivity index is 2.79. The number of aromatic nitrogens is 2. The molecule has 1 rings (SSSR count). The van der Waals surface area contributed by atoms with Crippen molar-refractivity contribution in [1.29, 1.82) is 0 Å². The summed E-state index contributed by atoms with van der Waals surface area (Å²) in [5.41, 5.74) is 7.18. The molecule has 0 saturated carbocycles. The quantitative estimate of drug-likeness (QED) is 0.754. The van der Waals surface area contributed by atoms with Crippen molar-refractivity contribution in [1.82, 2.24) is 14.7 Å². The topological polar surface area (TPSA) is 47.1 Å². The molecule has 98 valence electrons. The van der Waals surface area contributed by atoms with Crippen LogP contribution in [0.2, 0.25) is 0 Å². The van der Waals surface area contributed by atoms with Gasteiger partial charge in [-0.25, -0.2) is 0 Å². The van der Waals surface area contributed by atoms with Crippen LogP contribution < -0.4 is 5.73 Å². The fourth-order valence-electron chi connectivity index (χ4n) is 2.22. The lowest BCUT2D eigenvalue weighted by molar-refractivity contribution is 0.202. The van der Waals surface area contributed by atoms with Gasteiger partial charge in [0.15, 0.2) is 0 Å². The second-order valence-corrected chi connectivity index (χ2v) is 4.42. The monoisotopic (exact) mass is 238 g/mol. The van der Waals surface area contributed by atoms with Crippen molar-refractivity contribution in [3.63, 3.8) is 0 Å². The molecular formula is C13H26N4. The molecule has 0 aromatic carbocycles. The van der Waals surface area contributed by atoms with Crippen molar-refractivity contribution in [2.24, 2.45) is 5.73 Å². The van der Waals surface area contributed by atoms with Crippen LogP contribution >= 0.6 is 0 Å². The summed E-state index contributed by atoms with van der Waals surface area (Å²) in [6.07, 6.45) is 6.41. The minimum absolute atomic E-state index is 0.315. The molecule has 0 amide bonds. The number of rotatable bonds is 8. The first-order chi connectivity index (χ1) is 8.26. The number of aryl methyl sites for hydroxylation is 1. The predicted octanol–water partition coefficient (Wildman–Crippen LogP) is 2.02. The Morgan fingerprint density at radius 2 is 1.94 bits per heavy atom. The lowest BCUT2D eigenvalue weighted by Gasteiger charge is -2.29. The van der Waals surface area contributed by atoms with Gasteiger partial charge in [-0.15, -0.1) is 0 Å². The second kappa shape index (κ2) is 7.45. The van der Waals surface area contributed by atoms with E-state index in [4.69, 9.17) is 5.73 Å². The molecule has 1 aromatic rings. The lowest BCUT2D eigenvalue weighted by atomic mass is 10.1. The largest absolute Gasteiger partial charge is 0.329 e. The van der Waals surface area contributed by atoms with Gasteiger partial charge in [-0.3, -0.25) is 9.58 Å². The minimum Gasteiger partial charge on any atom is -0.329 e. The SMILES string of the molecule is CCCN(CCC)C(CN)c1cnn(CC)c1. The standard InChI is InChI=1S/C13H26N4/c1-4-7-16(8-5-2)13(9-14)12-10-15-17(6-3)11-12/h10-11,13H,4-9,14H2,1-3H3. The van der Waals surface area contributed by atoms with E-state index in [1.54, 1.807) is 0 Å². The van der Waals surface area contributed by atoms with Gasteiger partial charge in [0.25, 0.3) is 0 Å². The highest BCUT2D eigenvalue weighted by atomic mass is 15.3. The van der Waals surface area contributed by atoms with Crippen LogP contribution in [-0.2, 0) is 6.54 Å². The molecule has 0 fully saturated rings. The van der Waals surface area contributed by atoms with E-state index in [9.17, 15) is 0 Å². The highest BCUT2D eigenvalue weighted by Gasteiger charge is 2.18. The summed E-state index contributed by atoms with van der Waals surface area (Å²) in [6.45, 7) is 10.3. The summed E-state index contributed by atoms with van der Waals surface area (Å²) in [4.78, 5) is 2.47. The molecule has 0 saturated heterocycles. The molecule has 1 unspecified atom stereocenters. The third-order valence-electron chi connectivity index (χ3n) is 3.05. The Labute approximate surface area is 105 Å². The molecule has 0 radical (unpaired) electrons. The predicted molar refractivity (Wildman–Crippen MR) is 71.9 cm³/mol. The Kier molecular flexibility index (Phi) is 6.22. The smallest absolute Gasteiger partial charge is 0.0538 e. The van der Waals surface area contributed by atoms with Gasteiger partial charge in [-0.2, -0.15) is 5.10 Å². The highest BCUT2D eigenvalue weighted by molar-refractivity contribution is 5.11. The van der Waals surface area contributed by atoms with Crippen LogP contribution in [0, 0.1) is 0 Å². The molecule has 1 aromatic heterocycles. The molecule has 0 aliphatic carbocycles. The van der Waals surface area contributed by atoms with Crippen molar-refractivity contribution >= 4 is 0 Å². The normalized spacial score (nSPS) is 13.2. The highest BCUT2D eigenvalue weighted by Crippen LogP contribution is 2.19. The maximum Gasteiger partial charge on any atom is 0.0538 e. The zero-order valence-corrected chi connectivity index (χ0v) is 11.4. The van der Waals surface area contributed by atoms with Gasteiger partial charge in [-0.1, -0.05) is 13.8 Å². The van der Waals surface area contributed by atoms with Crippen LogP contribution in [0.25, 0.3) is 0 Å². The van der Waals surface area contributed by atoms with Gasteiger partial charge in [0.05, 0.1) is 12.2 Å². The van der Waals surface area contributed by atoms with Gasteiger partial charge < -0.3 is 5.73 Å². The van der Waals surface area contributed by atoms with Crippen molar-refractivity contribution in [3.8, 4) is 0 Å². The van der Waals surface area contributed by atoms with Gasteiger partial charge in [0, 0.05) is 24.8 Å². The van der Waals surface area contributed by atoms with Crippen LogP contribution in [0.3, 0.4) is 0 Å². The van der Waals surface area contributed by atoms with E-state index >= 15 is 0 Å². The number of nitrogens with two attached hydrogens (primary N) is 1. The van der Waals surface area contributed by atoms with Crippen LogP contribution in [-0.4, -0.2) is 34.3 Å². The summed E-state index contributed by atoms with van der Waals surface area (Å²) in [6, 6.07) is 0.315. The third-order valence-corrected chi connectivity index (χ3v) is 3.05. The van der Waals surface area contributed by atoms with E-state index in [1.165, 1.54) is 18.4 Å². The Bertz CT molecular complexity index is 302. The van der Waals surface area contributed by atoms with Crippen LogP contribution in [0.4, 0.5) is 0 Å². The van der Waals surface area contributed by atoms with E-state index in [1.807, 2.05) is 10.9 Å². The third kappa shape index (κ3) is 3.82. The number of hydrogen-bond donors (Lipinski definition) is 1. The summed E-state index contributed by atoms with van der Waals surface area (Å²) >= 11 is 0. The molecule has 4 nitrogen and oxygen atoms in total. The molecular weight excluding hydrogens is 212 g/mol. The van der Waals surface area contributed by atoms with Crippen molar-refractivity contribution in [3.05, 3.63) is 18.0 Å². The Morgan fingerprint density at radius 3 is 2.35 bits per heavy atom. The summed E-state index contributed by atoms with van der Waals surface area (Å²) in [7, 11) is 0. The fourth-order valence-corrected chi connectivity index (χ4v) is 2.22. The first kappa shape index (κ1) is 14.2. The molecule has 0 aliphatic rings. The van der Waals surface area contributed by atoms with Gasteiger partial charge >= 0.3 is 0 Å². The minimum atomic E-state index is 0.315. The molecule has 0 aliphatic heterocycles. The Morgan fingerprint density at radius 1 is 1.29 bits per heavy atom. The van der Waals surface area contributed by atoms with E-state index in [0.29, 0.717) is 12.6 Å². The Hall–Kier alpha value is -0.870. The summed E-state index contributed by atoms with van der Waals surface area (Å²) in [5, 5.41) is 4.34. The average molecular weight is 238 g/mol. The maximum absolute atomic E-state index is 5.94. The molecule has 17 heavy (non-hydrogen) atoms. The van der Waals surface area contributed by atoms with Crippen molar-refractivity contribution in [2.75, 3.05) is 19.6 Å². The molecule has 0 spiro atoms. The molecule has 2 N–H and O–H groups in total. The van der Waals surface area contributed by atoms with Gasteiger partial charge in [0.1, 0.15) is 0 Å². The molecule has 1 atom stereocenters. The fraction of sp³-hybridized carbons (Fsp3) is 0.769. The van der Waals surface area contributed by atoms with E-state index in [0.717, 1.165) is 19.6 Å². The molecule has 0 bridgehead atoms. The van der Waals surface area contributed by atoms with E-state index in [-0.39, 0.29) is 0 Å². The van der Waals surface area contributed by atoms with Crippen LogP contribution in [0.1, 0.15) is 45.2 Å².